The summed E-state index contributed by atoms with van der Waals surface area (Å²) in [5.74, 6) is 0.171. The monoisotopic (exact) mass is 438 g/mol. The first-order valence-electron chi connectivity index (χ1n) is 11.1. The molecule has 0 fully saturated rings. The number of fused-ring (bicyclic) bond motifs is 3. The van der Waals surface area contributed by atoms with Gasteiger partial charge in [0.2, 0.25) is 0 Å². The Morgan fingerprint density at radius 2 is 2.13 bits per heavy atom. The number of aromatic nitrogens is 4. The Hall–Kier alpha value is -2.38. The second kappa shape index (κ2) is 9.40. The van der Waals surface area contributed by atoms with Crippen LogP contribution in [0.15, 0.2) is 18.3 Å². The molecule has 0 spiro atoms. The summed E-state index contributed by atoms with van der Waals surface area (Å²) in [5, 5.41) is 5.91. The highest BCUT2D eigenvalue weighted by atomic mass is 32.1. The Kier molecular flexibility index (Phi) is 6.62. The number of pyridine rings is 1. The number of Topliss-reactive ketones (excluding diaryl/α,β-unsaturated/α-hetero) is 1. The van der Waals surface area contributed by atoms with E-state index in [2.05, 4.69) is 42.6 Å². The Morgan fingerprint density at radius 1 is 1.29 bits per heavy atom. The van der Waals surface area contributed by atoms with Crippen LogP contribution >= 0.6 is 11.3 Å². The van der Waals surface area contributed by atoms with Gasteiger partial charge in [-0.2, -0.15) is 5.10 Å². The maximum Gasteiger partial charge on any atom is 0.141 e. The van der Waals surface area contributed by atoms with E-state index in [1.165, 1.54) is 10.4 Å². The first-order valence-corrected chi connectivity index (χ1v) is 11.9. The molecular weight excluding hydrogens is 408 g/mol. The van der Waals surface area contributed by atoms with Gasteiger partial charge in [-0.05, 0) is 45.2 Å². The lowest BCUT2D eigenvalue weighted by Crippen LogP contribution is -2.09. The highest BCUT2D eigenvalue weighted by molar-refractivity contribution is 7.15. The third-order valence-corrected chi connectivity index (χ3v) is 6.71. The van der Waals surface area contributed by atoms with Gasteiger partial charge in [0.25, 0.3) is 0 Å². The molecule has 0 amide bonds. The van der Waals surface area contributed by atoms with Crippen molar-refractivity contribution in [1.29, 1.82) is 0 Å². The van der Waals surface area contributed by atoms with Gasteiger partial charge in [-0.25, -0.2) is 4.98 Å². The molecule has 3 aromatic heterocycles. The molecule has 164 valence electrons. The molecule has 1 aliphatic carbocycles. The number of hydrogen-bond donors (Lipinski definition) is 0. The summed E-state index contributed by atoms with van der Waals surface area (Å²) >= 11 is 1.64. The van der Waals surface area contributed by atoms with Crippen molar-refractivity contribution in [2.45, 2.75) is 65.3 Å². The molecule has 31 heavy (non-hydrogen) atoms. The lowest BCUT2D eigenvalue weighted by molar-refractivity contribution is -0.119. The minimum Gasteiger partial charge on any atom is -0.384 e. The average molecular weight is 439 g/mol. The van der Waals surface area contributed by atoms with Gasteiger partial charge in [-0.1, -0.05) is 13.3 Å². The molecule has 0 radical (unpaired) electrons. The van der Waals surface area contributed by atoms with Crippen molar-refractivity contribution in [2.24, 2.45) is 0 Å². The van der Waals surface area contributed by atoms with E-state index in [0.29, 0.717) is 19.4 Å². The summed E-state index contributed by atoms with van der Waals surface area (Å²) in [6.07, 6.45) is 6.64. The van der Waals surface area contributed by atoms with E-state index < -0.39 is 0 Å². The molecule has 6 nitrogen and oxygen atoms in total. The van der Waals surface area contributed by atoms with Gasteiger partial charge in [0, 0.05) is 42.6 Å². The largest absolute Gasteiger partial charge is 0.384 e. The van der Waals surface area contributed by atoms with E-state index in [4.69, 9.17) is 14.8 Å². The van der Waals surface area contributed by atoms with Crippen molar-refractivity contribution in [1.82, 2.24) is 19.7 Å². The predicted molar refractivity (Wildman–Crippen MR) is 124 cm³/mol. The maximum atomic E-state index is 12.2. The van der Waals surface area contributed by atoms with Crippen LogP contribution in [0, 0.1) is 0 Å². The number of carbonyl (C=O) groups is 1. The van der Waals surface area contributed by atoms with Crippen LogP contribution < -0.4 is 0 Å². The maximum absolute atomic E-state index is 12.2. The average Bonchev–Trinajstić information content (AvgIpc) is 3.34. The fourth-order valence-electron chi connectivity index (χ4n) is 4.07. The topological polar surface area (TPSA) is 69.9 Å². The summed E-state index contributed by atoms with van der Waals surface area (Å²) in [6, 6.07) is 4.49. The molecule has 0 saturated carbocycles. The Bertz CT molecular complexity index is 1070. The van der Waals surface area contributed by atoms with E-state index in [9.17, 15) is 4.79 Å². The van der Waals surface area contributed by atoms with Crippen LogP contribution in [0.25, 0.3) is 21.8 Å². The Morgan fingerprint density at radius 3 is 2.81 bits per heavy atom. The molecule has 0 unspecified atom stereocenters. The third kappa shape index (κ3) is 4.48. The number of methoxy groups -OCH3 is 1. The molecule has 0 aliphatic heterocycles. The number of thiazole rings is 1. The molecule has 0 N–H and O–H groups in total. The number of aryl methyl sites for hydroxylation is 2. The summed E-state index contributed by atoms with van der Waals surface area (Å²) in [6.45, 7) is 6.94. The quantitative estimate of drug-likeness (QED) is 0.478. The van der Waals surface area contributed by atoms with Crippen LogP contribution in [-0.4, -0.2) is 39.2 Å². The van der Waals surface area contributed by atoms with E-state index in [0.717, 1.165) is 59.0 Å². The summed E-state index contributed by atoms with van der Waals surface area (Å²) in [4.78, 5) is 22.9. The zero-order chi connectivity index (χ0) is 22.0. The van der Waals surface area contributed by atoms with Crippen LogP contribution in [0.5, 0.6) is 0 Å². The summed E-state index contributed by atoms with van der Waals surface area (Å²) in [5.41, 5.74) is 6.74. The highest BCUT2D eigenvalue weighted by Crippen LogP contribution is 2.43. The van der Waals surface area contributed by atoms with E-state index >= 15 is 0 Å². The second-order valence-electron chi connectivity index (χ2n) is 8.34. The van der Waals surface area contributed by atoms with Gasteiger partial charge in [0.1, 0.15) is 10.8 Å². The first kappa shape index (κ1) is 21.8. The van der Waals surface area contributed by atoms with Gasteiger partial charge in [-0.15, -0.1) is 11.3 Å². The van der Waals surface area contributed by atoms with Crippen molar-refractivity contribution in [3.63, 3.8) is 0 Å². The van der Waals surface area contributed by atoms with Gasteiger partial charge in [-0.3, -0.25) is 14.5 Å². The lowest BCUT2D eigenvalue weighted by atomic mass is 9.95. The van der Waals surface area contributed by atoms with Gasteiger partial charge >= 0.3 is 0 Å². The van der Waals surface area contributed by atoms with Gasteiger partial charge in [0.15, 0.2) is 0 Å². The van der Waals surface area contributed by atoms with Crippen LogP contribution in [0.2, 0.25) is 0 Å². The van der Waals surface area contributed by atoms with E-state index in [1.54, 1.807) is 18.4 Å². The molecular formula is C24H30N4O2S. The molecule has 4 rings (SSSR count). The molecule has 1 aliphatic rings. The standard InChI is InChI=1S/C24H30N4O2S/c1-5-6-17-8-7-16(14-25-17)22-19-9-10-20-24(23(19)28(27-22)15(2)3)31-21(26-20)13-18(29)11-12-30-4/h7-8,14-15H,5-6,9-13H2,1-4H3. The van der Waals surface area contributed by atoms with Crippen LogP contribution in [0.3, 0.4) is 0 Å². The number of rotatable bonds is 9. The number of ether oxygens (including phenoxy) is 1. The predicted octanol–water partition coefficient (Wildman–Crippen LogP) is 4.85. The number of carbonyl (C=O) groups excluding carboxylic acids is 1. The van der Waals surface area contributed by atoms with Gasteiger partial charge in [0.05, 0.1) is 35.0 Å². The van der Waals surface area contributed by atoms with Crippen molar-refractivity contribution in [2.75, 3.05) is 13.7 Å². The van der Waals surface area contributed by atoms with Crippen LogP contribution in [-0.2, 0) is 35.2 Å². The molecule has 3 aromatic rings. The Balaban J connectivity index is 1.71. The van der Waals surface area contributed by atoms with Crippen molar-refractivity contribution in [3.05, 3.63) is 40.3 Å². The molecule has 0 atom stereocenters. The Labute approximate surface area is 187 Å². The fourth-order valence-corrected chi connectivity index (χ4v) is 5.27. The van der Waals surface area contributed by atoms with Crippen molar-refractivity contribution >= 4 is 17.1 Å². The number of nitrogens with zero attached hydrogens (tertiary/aromatic N) is 4. The van der Waals surface area contributed by atoms with Crippen molar-refractivity contribution < 1.29 is 9.53 Å². The smallest absolute Gasteiger partial charge is 0.141 e. The lowest BCUT2D eigenvalue weighted by Gasteiger charge is -2.16. The fraction of sp³-hybridized carbons (Fsp3) is 0.500. The molecule has 0 aromatic carbocycles. The minimum absolute atomic E-state index is 0.171. The summed E-state index contributed by atoms with van der Waals surface area (Å²) < 4.78 is 7.15. The van der Waals surface area contributed by atoms with Crippen LogP contribution in [0.1, 0.15) is 61.6 Å². The zero-order valence-corrected chi connectivity index (χ0v) is 19.6. The zero-order valence-electron chi connectivity index (χ0n) is 18.8. The molecule has 0 bridgehead atoms. The third-order valence-electron chi connectivity index (χ3n) is 5.60. The second-order valence-corrected chi connectivity index (χ2v) is 9.43. The molecule has 7 heteroatoms. The highest BCUT2D eigenvalue weighted by Gasteiger charge is 2.30. The number of ketones is 1. The number of hydrogen-bond acceptors (Lipinski definition) is 6. The van der Waals surface area contributed by atoms with Crippen LogP contribution in [0.4, 0.5) is 0 Å². The minimum atomic E-state index is 0.171. The normalized spacial score (nSPS) is 12.8. The molecule has 0 saturated heterocycles. The van der Waals surface area contributed by atoms with E-state index in [-0.39, 0.29) is 11.8 Å². The first-order chi connectivity index (χ1) is 15.0. The molecule has 3 heterocycles. The van der Waals surface area contributed by atoms with Crippen molar-refractivity contribution in [3.8, 4) is 21.8 Å². The SMILES string of the molecule is CCCc1ccc(-c2nn(C(C)C)c3c2CCc2nc(CC(=O)CCOC)sc2-3)cn1. The van der Waals surface area contributed by atoms with E-state index in [1.807, 2.05) is 6.20 Å². The summed E-state index contributed by atoms with van der Waals surface area (Å²) in [7, 11) is 1.62. The van der Waals surface area contributed by atoms with Gasteiger partial charge < -0.3 is 4.74 Å².